The van der Waals surface area contributed by atoms with E-state index in [0.717, 1.165) is 17.5 Å². The highest BCUT2D eigenvalue weighted by molar-refractivity contribution is 6.16. The fourth-order valence-corrected chi connectivity index (χ4v) is 2.45. The van der Waals surface area contributed by atoms with Crippen molar-refractivity contribution in [2.24, 2.45) is 5.16 Å². The number of ether oxygens (including phenoxy) is 3. The van der Waals surface area contributed by atoms with Crippen molar-refractivity contribution >= 4 is 17.8 Å². The predicted molar refractivity (Wildman–Crippen MR) is 108 cm³/mol. The summed E-state index contributed by atoms with van der Waals surface area (Å²) in [6, 6.07) is 15.0. The molecule has 0 saturated carbocycles. The second-order valence-electron chi connectivity index (χ2n) is 5.84. The van der Waals surface area contributed by atoms with Crippen LogP contribution < -0.4 is 4.74 Å². The molecular weight excluding hydrogens is 358 g/mol. The Labute approximate surface area is 165 Å². The van der Waals surface area contributed by atoms with Crippen LogP contribution in [0.15, 0.2) is 59.9 Å². The summed E-state index contributed by atoms with van der Waals surface area (Å²) < 4.78 is 15.8. The number of esters is 1. The molecule has 0 aliphatic heterocycles. The van der Waals surface area contributed by atoms with Gasteiger partial charge in [0.15, 0.2) is 0 Å². The van der Waals surface area contributed by atoms with Gasteiger partial charge in [-0.2, -0.15) is 0 Å². The average Bonchev–Trinajstić information content (AvgIpc) is 2.74. The van der Waals surface area contributed by atoms with Crippen LogP contribution in [0.25, 0.3) is 5.57 Å². The van der Waals surface area contributed by atoms with Gasteiger partial charge in [0.05, 0.1) is 26.7 Å². The lowest BCUT2D eigenvalue weighted by Gasteiger charge is -2.13. The van der Waals surface area contributed by atoms with E-state index >= 15 is 0 Å². The Kier molecular flexibility index (Phi) is 8.59. The zero-order valence-corrected chi connectivity index (χ0v) is 16.4. The van der Waals surface area contributed by atoms with E-state index in [9.17, 15) is 4.79 Å². The van der Waals surface area contributed by atoms with E-state index in [1.807, 2.05) is 55.5 Å². The lowest BCUT2D eigenvalue weighted by molar-refractivity contribution is -0.133. The highest BCUT2D eigenvalue weighted by Gasteiger charge is 2.16. The molecule has 2 aromatic carbocycles. The number of methoxy groups -OCH3 is 2. The number of carbonyl (C=O) groups excluding carboxylic acids is 1. The monoisotopic (exact) mass is 383 g/mol. The van der Waals surface area contributed by atoms with Gasteiger partial charge in [0.25, 0.3) is 0 Å². The molecule has 0 N–H and O–H groups in total. The van der Waals surface area contributed by atoms with Gasteiger partial charge in [0.1, 0.15) is 24.5 Å². The summed E-state index contributed by atoms with van der Waals surface area (Å²) in [6.07, 6.45) is 3.93. The van der Waals surface area contributed by atoms with Crippen LogP contribution in [0, 0.1) is 0 Å². The van der Waals surface area contributed by atoms with Gasteiger partial charge in [-0.05, 0) is 35.2 Å². The largest absolute Gasteiger partial charge is 0.503 e. The smallest absolute Gasteiger partial charge is 0.341 e. The SMILES string of the molecule is CCCO/N=C/c1cccc(OCc2ccccc2/C(=C\OC)C(=O)OC)c1. The predicted octanol–water partition coefficient (Wildman–Crippen LogP) is 4.19. The van der Waals surface area contributed by atoms with Crippen LogP contribution in [0.3, 0.4) is 0 Å². The first-order valence-electron chi connectivity index (χ1n) is 8.97. The molecule has 2 rings (SSSR count). The second-order valence-corrected chi connectivity index (χ2v) is 5.84. The first-order chi connectivity index (χ1) is 13.7. The van der Waals surface area contributed by atoms with E-state index in [4.69, 9.17) is 19.0 Å². The van der Waals surface area contributed by atoms with Gasteiger partial charge in [-0.25, -0.2) is 4.79 Å². The zero-order valence-electron chi connectivity index (χ0n) is 16.4. The van der Waals surface area contributed by atoms with Crippen molar-refractivity contribution in [3.8, 4) is 5.75 Å². The fraction of sp³-hybridized carbons (Fsp3) is 0.273. The summed E-state index contributed by atoms with van der Waals surface area (Å²) in [7, 11) is 2.82. The molecule has 28 heavy (non-hydrogen) atoms. The number of rotatable bonds is 10. The summed E-state index contributed by atoms with van der Waals surface area (Å²) in [5, 5.41) is 3.92. The van der Waals surface area contributed by atoms with E-state index in [1.165, 1.54) is 20.5 Å². The summed E-state index contributed by atoms with van der Waals surface area (Å²) in [4.78, 5) is 17.2. The van der Waals surface area contributed by atoms with E-state index in [0.29, 0.717) is 23.5 Å². The Hall–Kier alpha value is -3.28. The Morgan fingerprint density at radius 2 is 1.93 bits per heavy atom. The molecule has 0 saturated heterocycles. The molecule has 0 aromatic heterocycles. The van der Waals surface area contributed by atoms with Crippen molar-refractivity contribution in [1.82, 2.24) is 0 Å². The third kappa shape index (κ3) is 6.16. The summed E-state index contributed by atoms with van der Waals surface area (Å²) in [5.41, 5.74) is 2.73. The Morgan fingerprint density at radius 1 is 1.11 bits per heavy atom. The maximum Gasteiger partial charge on any atom is 0.341 e. The van der Waals surface area contributed by atoms with Gasteiger partial charge in [-0.1, -0.05) is 48.5 Å². The van der Waals surface area contributed by atoms with Gasteiger partial charge in [0, 0.05) is 0 Å². The lowest BCUT2D eigenvalue weighted by atomic mass is 10.0. The Bertz CT molecular complexity index is 829. The molecule has 0 fully saturated rings. The zero-order chi connectivity index (χ0) is 20.2. The highest BCUT2D eigenvalue weighted by atomic mass is 16.6. The van der Waals surface area contributed by atoms with Crippen molar-refractivity contribution in [2.75, 3.05) is 20.8 Å². The molecule has 0 aliphatic carbocycles. The number of benzene rings is 2. The fourth-order valence-electron chi connectivity index (χ4n) is 2.45. The quantitative estimate of drug-likeness (QED) is 0.154. The first-order valence-corrected chi connectivity index (χ1v) is 8.97. The molecule has 0 amide bonds. The van der Waals surface area contributed by atoms with Crippen molar-refractivity contribution in [1.29, 1.82) is 0 Å². The molecule has 0 unspecified atom stereocenters. The van der Waals surface area contributed by atoms with Crippen LogP contribution in [-0.4, -0.2) is 33.0 Å². The van der Waals surface area contributed by atoms with Crippen LogP contribution in [0.1, 0.15) is 30.0 Å². The van der Waals surface area contributed by atoms with E-state index in [1.54, 1.807) is 6.21 Å². The number of oxime groups is 1. The maximum atomic E-state index is 12.1. The molecular formula is C22H25NO5. The molecule has 2 aromatic rings. The van der Waals surface area contributed by atoms with E-state index in [-0.39, 0.29) is 6.61 Å². The van der Waals surface area contributed by atoms with Crippen molar-refractivity contribution < 1.29 is 23.8 Å². The van der Waals surface area contributed by atoms with Gasteiger partial charge >= 0.3 is 5.97 Å². The summed E-state index contributed by atoms with van der Waals surface area (Å²) in [5.74, 6) is 0.212. The van der Waals surface area contributed by atoms with Crippen molar-refractivity contribution in [2.45, 2.75) is 20.0 Å². The van der Waals surface area contributed by atoms with Crippen LogP contribution in [0.5, 0.6) is 5.75 Å². The molecule has 0 radical (unpaired) electrons. The van der Waals surface area contributed by atoms with Crippen LogP contribution in [0.2, 0.25) is 0 Å². The van der Waals surface area contributed by atoms with Gasteiger partial charge in [-0.15, -0.1) is 0 Å². The highest BCUT2D eigenvalue weighted by Crippen LogP contribution is 2.23. The molecule has 0 spiro atoms. The van der Waals surface area contributed by atoms with Gasteiger partial charge in [0.2, 0.25) is 0 Å². The van der Waals surface area contributed by atoms with Crippen molar-refractivity contribution in [3.05, 3.63) is 71.5 Å². The summed E-state index contributed by atoms with van der Waals surface area (Å²) >= 11 is 0. The minimum absolute atomic E-state index is 0.279. The lowest BCUT2D eigenvalue weighted by Crippen LogP contribution is -2.08. The number of nitrogens with zero attached hydrogens (tertiary/aromatic N) is 1. The number of carbonyl (C=O) groups is 1. The molecule has 6 nitrogen and oxygen atoms in total. The Morgan fingerprint density at radius 3 is 2.68 bits per heavy atom. The number of hydrogen-bond acceptors (Lipinski definition) is 6. The maximum absolute atomic E-state index is 12.1. The first kappa shape index (κ1) is 21.0. The normalized spacial score (nSPS) is 11.3. The minimum Gasteiger partial charge on any atom is -0.503 e. The number of hydrogen-bond donors (Lipinski definition) is 0. The van der Waals surface area contributed by atoms with Crippen molar-refractivity contribution in [3.63, 3.8) is 0 Å². The van der Waals surface area contributed by atoms with Crippen LogP contribution >= 0.6 is 0 Å². The molecule has 148 valence electrons. The Balaban J connectivity index is 2.14. The topological polar surface area (TPSA) is 66.3 Å². The molecule has 0 bridgehead atoms. The molecule has 0 atom stereocenters. The van der Waals surface area contributed by atoms with E-state index in [2.05, 4.69) is 5.16 Å². The molecule has 6 heteroatoms. The molecule has 0 heterocycles. The van der Waals surface area contributed by atoms with Gasteiger partial charge in [-0.3, -0.25) is 0 Å². The van der Waals surface area contributed by atoms with E-state index < -0.39 is 5.97 Å². The standard InChI is InChI=1S/C22H25NO5/c1-4-12-28-23-14-17-8-7-10-19(13-17)27-15-18-9-5-6-11-20(18)21(16-25-2)22(24)26-3/h5-11,13-14,16H,4,12,15H2,1-3H3/b21-16+,23-14+. The van der Waals surface area contributed by atoms with Gasteiger partial charge < -0.3 is 19.0 Å². The average molecular weight is 383 g/mol. The third-order valence-corrected chi connectivity index (χ3v) is 3.77. The summed E-state index contributed by atoms with van der Waals surface area (Å²) in [6.45, 7) is 2.89. The third-order valence-electron chi connectivity index (χ3n) is 3.77. The second kappa shape index (κ2) is 11.4. The molecule has 0 aliphatic rings. The van der Waals surface area contributed by atoms with Crippen LogP contribution in [0.4, 0.5) is 0 Å². The minimum atomic E-state index is -0.473. The van der Waals surface area contributed by atoms with Crippen LogP contribution in [-0.2, 0) is 25.7 Å².